The van der Waals surface area contributed by atoms with Gasteiger partial charge in [0.2, 0.25) is 5.91 Å². The van der Waals surface area contributed by atoms with Crippen LogP contribution in [-0.2, 0) is 16.0 Å². The molecule has 7 nitrogen and oxygen atoms in total. The van der Waals surface area contributed by atoms with Gasteiger partial charge in [0.25, 0.3) is 0 Å². The van der Waals surface area contributed by atoms with Crippen LogP contribution >= 0.6 is 0 Å². The molecule has 28 heavy (non-hydrogen) atoms. The van der Waals surface area contributed by atoms with E-state index in [1.54, 1.807) is 30.3 Å². The maximum absolute atomic E-state index is 12.1. The maximum Gasteiger partial charge on any atom is 0.326 e. The van der Waals surface area contributed by atoms with E-state index in [4.69, 9.17) is 4.74 Å². The third-order valence-electron chi connectivity index (χ3n) is 3.88. The number of carboxylic acids is 1. The van der Waals surface area contributed by atoms with Crippen molar-refractivity contribution in [2.45, 2.75) is 12.5 Å². The number of aromatic nitrogens is 2. The van der Waals surface area contributed by atoms with Crippen molar-refractivity contribution < 1.29 is 19.4 Å². The Hall–Kier alpha value is -3.87. The summed E-state index contributed by atoms with van der Waals surface area (Å²) < 4.78 is 5.71. The molecule has 1 atom stereocenters. The first-order valence-electron chi connectivity index (χ1n) is 8.62. The van der Waals surface area contributed by atoms with Crippen LogP contribution in [0, 0.1) is 0 Å². The Labute approximate surface area is 161 Å². The molecular weight excluding hydrogens is 358 g/mol. The quantitative estimate of drug-likeness (QED) is 0.524. The summed E-state index contributed by atoms with van der Waals surface area (Å²) in [5, 5.41) is 11.7. The second-order valence-corrected chi connectivity index (χ2v) is 6.00. The van der Waals surface area contributed by atoms with Gasteiger partial charge < -0.3 is 20.1 Å². The molecular formula is C21H19N3O4. The molecule has 3 rings (SSSR count). The fourth-order valence-electron chi connectivity index (χ4n) is 2.48. The Balaban J connectivity index is 1.56. The molecule has 3 aromatic rings. The summed E-state index contributed by atoms with van der Waals surface area (Å²) in [6, 6.07) is 15.6. The van der Waals surface area contributed by atoms with Crippen molar-refractivity contribution in [2.75, 3.05) is 0 Å². The third-order valence-corrected chi connectivity index (χ3v) is 3.88. The Morgan fingerprint density at radius 3 is 2.46 bits per heavy atom. The number of carboxylic acid groups (broad SMARTS) is 1. The number of hydrogen-bond donors (Lipinski definition) is 3. The summed E-state index contributed by atoms with van der Waals surface area (Å²) in [6.45, 7) is 0. The first kappa shape index (κ1) is 18.9. The molecule has 2 aromatic carbocycles. The molecule has 0 radical (unpaired) electrons. The van der Waals surface area contributed by atoms with Gasteiger partial charge in [-0.3, -0.25) is 4.79 Å². The smallest absolute Gasteiger partial charge is 0.326 e. The summed E-state index contributed by atoms with van der Waals surface area (Å²) in [7, 11) is 0. The van der Waals surface area contributed by atoms with Gasteiger partial charge in [0.15, 0.2) is 0 Å². The molecule has 0 aliphatic carbocycles. The van der Waals surface area contributed by atoms with Gasteiger partial charge >= 0.3 is 5.97 Å². The van der Waals surface area contributed by atoms with Crippen LogP contribution in [0.1, 0.15) is 11.3 Å². The van der Waals surface area contributed by atoms with Crippen LogP contribution in [0.5, 0.6) is 11.5 Å². The van der Waals surface area contributed by atoms with Crippen LogP contribution in [0.4, 0.5) is 0 Å². The van der Waals surface area contributed by atoms with Gasteiger partial charge in [0.05, 0.1) is 6.33 Å². The minimum Gasteiger partial charge on any atom is -0.480 e. The lowest BCUT2D eigenvalue weighted by Crippen LogP contribution is -2.41. The van der Waals surface area contributed by atoms with Crippen molar-refractivity contribution in [2.24, 2.45) is 0 Å². The van der Waals surface area contributed by atoms with Gasteiger partial charge in [0, 0.05) is 24.4 Å². The molecule has 0 bridgehead atoms. The number of H-pyrrole nitrogens is 1. The summed E-state index contributed by atoms with van der Waals surface area (Å²) >= 11 is 0. The molecule has 0 fully saturated rings. The van der Waals surface area contributed by atoms with Crippen molar-refractivity contribution in [1.82, 2.24) is 15.3 Å². The second-order valence-electron chi connectivity index (χ2n) is 6.00. The number of benzene rings is 2. The minimum atomic E-state index is -1.11. The Morgan fingerprint density at radius 2 is 1.82 bits per heavy atom. The molecule has 0 saturated heterocycles. The number of nitrogens with one attached hydrogen (secondary N) is 2. The van der Waals surface area contributed by atoms with Crippen molar-refractivity contribution in [3.8, 4) is 11.5 Å². The number of rotatable bonds is 8. The number of hydrogen-bond acceptors (Lipinski definition) is 4. The average Bonchev–Trinajstić information content (AvgIpc) is 3.21. The fraction of sp³-hybridized carbons (Fsp3) is 0.0952. The summed E-state index contributed by atoms with van der Waals surface area (Å²) in [4.78, 5) is 30.1. The predicted molar refractivity (Wildman–Crippen MR) is 104 cm³/mol. The van der Waals surface area contributed by atoms with Gasteiger partial charge in [0.1, 0.15) is 17.5 Å². The molecule has 1 heterocycles. The van der Waals surface area contributed by atoms with E-state index in [-0.39, 0.29) is 6.42 Å². The lowest BCUT2D eigenvalue weighted by atomic mass is 10.1. The minimum absolute atomic E-state index is 0.125. The zero-order valence-corrected chi connectivity index (χ0v) is 14.9. The van der Waals surface area contributed by atoms with Gasteiger partial charge in [-0.05, 0) is 35.9 Å². The van der Waals surface area contributed by atoms with Crippen molar-refractivity contribution in [3.63, 3.8) is 0 Å². The zero-order valence-electron chi connectivity index (χ0n) is 14.9. The van der Waals surface area contributed by atoms with Crippen LogP contribution in [0.25, 0.3) is 6.08 Å². The highest BCUT2D eigenvalue weighted by molar-refractivity contribution is 5.94. The predicted octanol–water partition coefficient (Wildman–Crippen LogP) is 3.03. The van der Waals surface area contributed by atoms with Gasteiger partial charge in [-0.2, -0.15) is 0 Å². The van der Waals surface area contributed by atoms with E-state index < -0.39 is 17.9 Å². The molecule has 3 N–H and O–H groups in total. The lowest BCUT2D eigenvalue weighted by Gasteiger charge is -2.12. The highest BCUT2D eigenvalue weighted by atomic mass is 16.5. The average molecular weight is 377 g/mol. The third kappa shape index (κ3) is 5.57. The monoisotopic (exact) mass is 377 g/mol. The molecule has 142 valence electrons. The Bertz CT molecular complexity index is 936. The van der Waals surface area contributed by atoms with Gasteiger partial charge in [-0.25, -0.2) is 9.78 Å². The van der Waals surface area contributed by atoms with Gasteiger partial charge in [-0.15, -0.1) is 0 Å². The van der Waals surface area contributed by atoms with Crippen LogP contribution < -0.4 is 10.1 Å². The largest absolute Gasteiger partial charge is 0.480 e. The van der Waals surface area contributed by atoms with E-state index in [0.717, 1.165) is 11.3 Å². The molecule has 1 aromatic heterocycles. The fourth-order valence-corrected chi connectivity index (χ4v) is 2.48. The molecule has 7 heteroatoms. The maximum atomic E-state index is 12.1. The number of nitrogens with zero attached hydrogens (tertiary/aromatic N) is 1. The summed E-state index contributed by atoms with van der Waals surface area (Å²) in [6.07, 6.45) is 6.02. The molecule has 0 aliphatic heterocycles. The van der Waals surface area contributed by atoms with Crippen LogP contribution in [-0.4, -0.2) is 33.0 Å². The Kier molecular flexibility index (Phi) is 6.20. The number of aliphatic carboxylic acids is 1. The number of aromatic amines is 1. The number of carbonyl (C=O) groups is 2. The van der Waals surface area contributed by atoms with Crippen LogP contribution in [0.15, 0.2) is 73.2 Å². The van der Waals surface area contributed by atoms with E-state index in [1.807, 2.05) is 30.3 Å². The number of imidazole rings is 1. The van der Waals surface area contributed by atoms with E-state index in [2.05, 4.69) is 15.3 Å². The van der Waals surface area contributed by atoms with Crippen molar-refractivity contribution >= 4 is 18.0 Å². The van der Waals surface area contributed by atoms with Crippen molar-refractivity contribution in [3.05, 3.63) is 84.5 Å². The molecule has 1 amide bonds. The van der Waals surface area contributed by atoms with E-state index in [9.17, 15) is 14.7 Å². The molecule has 0 saturated carbocycles. The van der Waals surface area contributed by atoms with Crippen molar-refractivity contribution in [1.29, 1.82) is 0 Å². The number of para-hydroxylation sites is 1. The topological polar surface area (TPSA) is 104 Å². The SMILES string of the molecule is O=C(/C=C/c1ccc(Oc2ccccc2)cc1)NC(Cc1cnc[nH]1)C(=O)O. The Morgan fingerprint density at radius 1 is 1.11 bits per heavy atom. The zero-order chi connectivity index (χ0) is 19.8. The highest BCUT2D eigenvalue weighted by Crippen LogP contribution is 2.21. The molecule has 0 aliphatic rings. The van der Waals surface area contributed by atoms with Crippen LogP contribution in [0.3, 0.4) is 0 Å². The van der Waals surface area contributed by atoms with E-state index in [0.29, 0.717) is 11.4 Å². The first-order valence-corrected chi connectivity index (χ1v) is 8.62. The number of amides is 1. The number of ether oxygens (including phenoxy) is 1. The second kappa shape index (κ2) is 9.18. The lowest BCUT2D eigenvalue weighted by molar-refractivity contribution is -0.141. The molecule has 0 spiro atoms. The first-order chi connectivity index (χ1) is 13.6. The summed E-state index contributed by atoms with van der Waals surface area (Å²) in [5.74, 6) is -0.184. The van der Waals surface area contributed by atoms with Gasteiger partial charge in [-0.1, -0.05) is 30.3 Å². The standard InChI is InChI=1S/C21H19N3O4/c25-20(24-19(21(26)27)12-16-13-22-14-23-16)11-8-15-6-9-18(10-7-15)28-17-4-2-1-3-5-17/h1-11,13-14,19H,12H2,(H,22,23)(H,24,25)(H,26,27)/b11-8+. The highest BCUT2D eigenvalue weighted by Gasteiger charge is 2.19. The van der Waals surface area contributed by atoms with E-state index >= 15 is 0 Å². The van der Waals surface area contributed by atoms with Crippen LogP contribution in [0.2, 0.25) is 0 Å². The van der Waals surface area contributed by atoms with E-state index in [1.165, 1.54) is 18.6 Å². The number of carbonyl (C=O) groups excluding carboxylic acids is 1. The normalized spacial score (nSPS) is 11.9. The summed E-state index contributed by atoms with van der Waals surface area (Å²) in [5.41, 5.74) is 1.42. The molecule has 1 unspecified atom stereocenters.